The van der Waals surface area contributed by atoms with E-state index in [0.29, 0.717) is 16.6 Å². The van der Waals surface area contributed by atoms with Gasteiger partial charge in [0.15, 0.2) is 11.5 Å². The van der Waals surface area contributed by atoms with Crippen LogP contribution in [0.25, 0.3) is 22.4 Å². The number of benzene rings is 1. The van der Waals surface area contributed by atoms with Gasteiger partial charge in [-0.2, -0.15) is 13.2 Å². The molecule has 1 aromatic carbocycles. The number of likely N-dealkylation sites (tertiary alicyclic amines) is 1. The van der Waals surface area contributed by atoms with Gasteiger partial charge >= 0.3 is 6.18 Å². The van der Waals surface area contributed by atoms with E-state index in [9.17, 15) is 23.1 Å². The van der Waals surface area contributed by atoms with E-state index in [1.807, 2.05) is 13.0 Å². The molecule has 4 aromatic rings. The first-order valence-corrected chi connectivity index (χ1v) is 12.7. The molecule has 1 aliphatic rings. The smallest absolute Gasteiger partial charge is 0.433 e. The van der Waals surface area contributed by atoms with Crippen LogP contribution < -0.4 is 10.5 Å². The number of oxazole rings is 1. The number of carbonyl (C=O) groups is 1. The Balaban J connectivity index is 1.48. The van der Waals surface area contributed by atoms with Gasteiger partial charge in [-0.05, 0) is 62.6 Å². The lowest BCUT2D eigenvalue weighted by molar-refractivity contribution is -0.140. The Morgan fingerprint density at radius 2 is 1.90 bits per heavy atom. The molecule has 0 radical (unpaired) electrons. The molecule has 1 atom stereocenters. The topological polar surface area (TPSA) is 128 Å². The number of rotatable bonds is 5. The van der Waals surface area contributed by atoms with Crippen molar-refractivity contribution in [3.8, 4) is 17.2 Å². The van der Waals surface area contributed by atoms with Crippen LogP contribution in [0.1, 0.15) is 59.0 Å². The SMILES string of the molecule is COc1ccc(-c2nc(C(=O)N3CCC(O)(c4ncccc4C)CC3)c([C@H](C)N)o2)c2ccc(C(F)(F)F)nc12. The highest BCUT2D eigenvalue weighted by atomic mass is 19.4. The standard InChI is InChI=1S/C28H28F3N5O4/c1-15-5-4-12-33-24(15)27(38)10-13-36(14-11-27)26(37)22-23(16(2)32)40-25(35-22)18-6-8-19(39-3)21-17(18)7-9-20(34-21)28(29,30)31/h4-9,12,16,38H,10-11,13-14,32H2,1-3H3/t16-/m0/s1. The van der Waals surface area contributed by atoms with Gasteiger partial charge in [-0.25, -0.2) is 9.97 Å². The van der Waals surface area contributed by atoms with E-state index in [2.05, 4.69) is 15.0 Å². The van der Waals surface area contributed by atoms with Crippen LogP contribution in [-0.2, 0) is 11.8 Å². The third-order valence-corrected chi connectivity index (χ3v) is 7.16. The second kappa shape index (κ2) is 10.2. The Morgan fingerprint density at radius 3 is 2.52 bits per heavy atom. The number of nitrogens with two attached hydrogens (primary N) is 1. The first-order chi connectivity index (χ1) is 18.9. The summed E-state index contributed by atoms with van der Waals surface area (Å²) in [6, 6.07) is 8.17. The lowest BCUT2D eigenvalue weighted by Crippen LogP contribution is -2.46. The summed E-state index contributed by atoms with van der Waals surface area (Å²) in [6.45, 7) is 4.03. The largest absolute Gasteiger partial charge is 0.494 e. The number of nitrogens with zero attached hydrogens (tertiary/aromatic N) is 4. The van der Waals surface area contributed by atoms with E-state index in [1.165, 1.54) is 19.2 Å². The van der Waals surface area contributed by atoms with Crippen molar-refractivity contribution in [3.05, 3.63) is 71.0 Å². The highest BCUT2D eigenvalue weighted by Crippen LogP contribution is 2.38. The molecular formula is C28H28F3N5O4. The van der Waals surface area contributed by atoms with Crippen molar-refractivity contribution in [1.82, 2.24) is 19.9 Å². The first kappa shape index (κ1) is 27.5. The third kappa shape index (κ3) is 4.88. The van der Waals surface area contributed by atoms with Crippen LogP contribution in [0.5, 0.6) is 5.75 Å². The van der Waals surface area contributed by atoms with Gasteiger partial charge < -0.3 is 24.9 Å². The van der Waals surface area contributed by atoms with E-state index in [1.54, 1.807) is 30.2 Å². The minimum Gasteiger partial charge on any atom is -0.494 e. The van der Waals surface area contributed by atoms with Gasteiger partial charge in [0.2, 0.25) is 5.89 Å². The molecule has 3 aromatic heterocycles. The summed E-state index contributed by atoms with van der Waals surface area (Å²) >= 11 is 0. The predicted octanol–water partition coefficient (Wildman–Crippen LogP) is 4.76. The van der Waals surface area contributed by atoms with Crippen LogP contribution in [0.2, 0.25) is 0 Å². The number of ether oxygens (including phenoxy) is 1. The average molecular weight is 556 g/mol. The lowest BCUT2D eigenvalue weighted by atomic mass is 9.85. The number of piperidine rings is 1. The Bertz CT molecular complexity index is 1580. The molecule has 1 aliphatic heterocycles. The van der Waals surface area contributed by atoms with Crippen LogP contribution in [0.4, 0.5) is 13.2 Å². The van der Waals surface area contributed by atoms with Gasteiger partial charge in [0.05, 0.1) is 18.8 Å². The van der Waals surface area contributed by atoms with Gasteiger partial charge in [-0.1, -0.05) is 6.07 Å². The fraction of sp³-hybridized carbons (Fsp3) is 0.357. The van der Waals surface area contributed by atoms with E-state index < -0.39 is 29.4 Å². The zero-order valence-electron chi connectivity index (χ0n) is 22.1. The summed E-state index contributed by atoms with van der Waals surface area (Å²) < 4.78 is 51.2. The number of aryl methyl sites for hydroxylation is 1. The van der Waals surface area contributed by atoms with Crippen LogP contribution in [0, 0.1) is 6.92 Å². The molecule has 12 heteroatoms. The zero-order valence-corrected chi connectivity index (χ0v) is 22.1. The van der Waals surface area contributed by atoms with E-state index in [-0.39, 0.29) is 54.5 Å². The van der Waals surface area contributed by atoms with Crippen LogP contribution in [0.15, 0.2) is 47.0 Å². The number of methoxy groups -OCH3 is 1. The summed E-state index contributed by atoms with van der Waals surface area (Å²) in [7, 11) is 1.33. The molecule has 0 bridgehead atoms. The Labute approximate surface area is 227 Å². The minimum absolute atomic E-state index is 0.00768. The second-order valence-corrected chi connectivity index (χ2v) is 9.92. The van der Waals surface area contributed by atoms with Gasteiger partial charge in [0.1, 0.15) is 22.6 Å². The van der Waals surface area contributed by atoms with Crippen LogP contribution in [-0.4, -0.2) is 51.1 Å². The van der Waals surface area contributed by atoms with E-state index >= 15 is 0 Å². The Hall–Kier alpha value is -4.03. The second-order valence-electron chi connectivity index (χ2n) is 9.92. The van der Waals surface area contributed by atoms with Gasteiger partial charge in [-0.3, -0.25) is 9.78 Å². The normalized spacial score (nSPS) is 16.2. The van der Waals surface area contributed by atoms with Crippen molar-refractivity contribution in [1.29, 1.82) is 0 Å². The minimum atomic E-state index is -4.64. The molecule has 0 spiro atoms. The molecule has 1 amide bonds. The number of carbonyl (C=O) groups excluding carboxylic acids is 1. The number of hydrogen-bond acceptors (Lipinski definition) is 8. The highest BCUT2D eigenvalue weighted by molar-refractivity contribution is 5.98. The van der Waals surface area contributed by atoms with Gasteiger partial charge in [-0.15, -0.1) is 0 Å². The zero-order chi connectivity index (χ0) is 28.8. The number of halogens is 3. The molecular weight excluding hydrogens is 527 g/mol. The molecule has 210 valence electrons. The van der Waals surface area contributed by atoms with Crippen molar-refractivity contribution in [2.75, 3.05) is 20.2 Å². The summed E-state index contributed by atoms with van der Waals surface area (Å²) in [5.74, 6) is -0.116. The van der Waals surface area contributed by atoms with E-state index in [4.69, 9.17) is 14.9 Å². The Morgan fingerprint density at radius 1 is 1.18 bits per heavy atom. The van der Waals surface area contributed by atoms with Crippen molar-refractivity contribution in [3.63, 3.8) is 0 Å². The number of pyridine rings is 2. The number of amides is 1. The van der Waals surface area contributed by atoms with Crippen LogP contribution >= 0.6 is 0 Å². The summed E-state index contributed by atoms with van der Waals surface area (Å²) in [5, 5.41) is 11.6. The van der Waals surface area contributed by atoms with Crippen molar-refractivity contribution < 1.29 is 32.2 Å². The number of alkyl halides is 3. The molecule has 1 saturated heterocycles. The number of aromatic nitrogens is 3. The third-order valence-electron chi connectivity index (χ3n) is 7.16. The summed E-state index contributed by atoms with van der Waals surface area (Å²) in [5.41, 5.74) is 5.67. The fourth-order valence-electron chi connectivity index (χ4n) is 5.05. The maximum Gasteiger partial charge on any atom is 0.433 e. The maximum absolute atomic E-state index is 13.6. The van der Waals surface area contributed by atoms with Crippen LogP contribution in [0.3, 0.4) is 0 Å². The molecule has 9 nitrogen and oxygen atoms in total. The molecule has 40 heavy (non-hydrogen) atoms. The quantitative estimate of drug-likeness (QED) is 0.361. The highest BCUT2D eigenvalue weighted by Gasteiger charge is 2.39. The maximum atomic E-state index is 13.6. The van der Waals surface area contributed by atoms with E-state index in [0.717, 1.165) is 11.6 Å². The molecule has 1 fully saturated rings. The monoisotopic (exact) mass is 555 g/mol. The molecule has 5 rings (SSSR count). The van der Waals surface area contributed by atoms with Crippen molar-refractivity contribution >= 4 is 16.8 Å². The van der Waals surface area contributed by atoms with Crippen molar-refractivity contribution in [2.45, 2.75) is 44.5 Å². The molecule has 0 unspecified atom stereocenters. The lowest BCUT2D eigenvalue weighted by Gasteiger charge is -2.38. The Kier molecular flexibility index (Phi) is 7.01. The summed E-state index contributed by atoms with van der Waals surface area (Å²) in [4.78, 5) is 27.8. The van der Waals surface area contributed by atoms with Gasteiger partial charge in [0.25, 0.3) is 5.91 Å². The molecule has 3 N–H and O–H groups in total. The number of aliphatic hydroxyl groups is 1. The predicted molar refractivity (Wildman–Crippen MR) is 139 cm³/mol. The first-order valence-electron chi connectivity index (χ1n) is 12.7. The summed E-state index contributed by atoms with van der Waals surface area (Å²) in [6.07, 6.45) is -2.45. The van der Waals surface area contributed by atoms with Gasteiger partial charge in [0, 0.05) is 30.2 Å². The molecule has 4 heterocycles. The average Bonchev–Trinajstić information content (AvgIpc) is 3.37. The fourth-order valence-corrected chi connectivity index (χ4v) is 5.05. The molecule has 0 saturated carbocycles. The molecule has 0 aliphatic carbocycles. The van der Waals surface area contributed by atoms with Crippen molar-refractivity contribution in [2.24, 2.45) is 5.73 Å². The number of fused-ring (bicyclic) bond motifs is 1. The number of hydrogen-bond donors (Lipinski definition) is 2.